The number of unbranched alkanes of at least 4 members (excludes halogenated alkanes) is 2. The molecule has 1 aromatic rings. The molecule has 0 atom stereocenters. The average molecular weight is 255 g/mol. The molecule has 0 amide bonds. The van der Waals surface area contributed by atoms with E-state index in [1.807, 2.05) is 24.3 Å². The Morgan fingerprint density at radius 3 is 2.18 bits per heavy atom. The molecular formula is C13H21NO2S. The summed E-state index contributed by atoms with van der Waals surface area (Å²) < 4.78 is 23.6. The lowest BCUT2D eigenvalue weighted by atomic mass is 10.1. The van der Waals surface area contributed by atoms with Gasteiger partial charge in [-0.05, 0) is 17.5 Å². The molecule has 1 rings (SSSR count). The third kappa shape index (κ3) is 5.33. The van der Waals surface area contributed by atoms with Crippen molar-refractivity contribution in [1.82, 2.24) is 0 Å². The second kappa shape index (κ2) is 6.77. The first kappa shape index (κ1) is 14.2. The second-order valence-corrected chi connectivity index (χ2v) is 6.50. The monoisotopic (exact) mass is 255 g/mol. The Kier molecular flexibility index (Phi) is 5.65. The highest BCUT2D eigenvalue weighted by molar-refractivity contribution is 7.90. The lowest BCUT2D eigenvalue weighted by molar-refractivity contribution is 0.590. The number of benzene rings is 1. The summed E-state index contributed by atoms with van der Waals surface area (Å²) in [6.45, 7) is 2.56. The number of hydrogen-bond acceptors (Lipinski definition) is 3. The van der Waals surface area contributed by atoms with Crippen LogP contribution >= 0.6 is 0 Å². The summed E-state index contributed by atoms with van der Waals surface area (Å²) in [4.78, 5) is 0. The molecule has 0 saturated carbocycles. The van der Waals surface area contributed by atoms with Crippen LogP contribution in [0.25, 0.3) is 0 Å². The maximum atomic E-state index is 11.8. The molecule has 0 heterocycles. The zero-order chi connectivity index (χ0) is 12.7. The van der Waals surface area contributed by atoms with Gasteiger partial charge in [0.25, 0.3) is 0 Å². The molecule has 3 nitrogen and oxygen atoms in total. The van der Waals surface area contributed by atoms with E-state index in [0.29, 0.717) is 12.3 Å². The highest BCUT2D eigenvalue weighted by Gasteiger charge is 2.11. The molecule has 4 heteroatoms. The van der Waals surface area contributed by atoms with Gasteiger partial charge in [-0.3, -0.25) is 0 Å². The Balaban J connectivity index is 2.56. The van der Waals surface area contributed by atoms with Gasteiger partial charge in [0, 0.05) is 6.54 Å². The number of rotatable bonds is 7. The minimum atomic E-state index is -2.96. The van der Waals surface area contributed by atoms with Gasteiger partial charge < -0.3 is 5.73 Å². The van der Waals surface area contributed by atoms with E-state index in [1.54, 1.807) is 0 Å². The Hall–Kier alpha value is -0.870. The maximum absolute atomic E-state index is 11.8. The normalized spacial score (nSPS) is 11.6. The summed E-state index contributed by atoms with van der Waals surface area (Å²) in [5.74, 6) is 0.432. The zero-order valence-electron chi connectivity index (χ0n) is 10.4. The van der Waals surface area contributed by atoms with Gasteiger partial charge in [0.1, 0.15) is 0 Å². The minimum Gasteiger partial charge on any atom is -0.326 e. The van der Waals surface area contributed by atoms with Gasteiger partial charge >= 0.3 is 0 Å². The Bertz CT molecular complexity index is 423. The number of sulfone groups is 1. The van der Waals surface area contributed by atoms with Crippen LogP contribution in [-0.4, -0.2) is 14.2 Å². The third-order valence-corrected chi connectivity index (χ3v) is 4.39. The number of hydrogen-bond donors (Lipinski definition) is 1. The highest BCUT2D eigenvalue weighted by Crippen LogP contribution is 2.10. The van der Waals surface area contributed by atoms with Crippen LogP contribution in [0.15, 0.2) is 24.3 Å². The quantitative estimate of drug-likeness (QED) is 0.760. The summed E-state index contributed by atoms with van der Waals surface area (Å²) in [5, 5.41) is 0. The first-order valence-corrected chi connectivity index (χ1v) is 7.88. The molecule has 0 unspecified atom stereocenters. The van der Waals surface area contributed by atoms with Gasteiger partial charge in [-0.1, -0.05) is 44.0 Å². The summed E-state index contributed by atoms with van der Waals surface area (Å²) >= 11 is 0. The molecule has 0 spiro atoms. The molecule has 0 bridgehead atoms. The molecule has 96 valence electrons. The fraction of sp³-hybridized carbons (Fsp3) is 0.538. The molecule has 1 aromatic carbocycles. The van der Waals surface area contributed by atoms with Crippen LogP contribution in [0.5, 0.6) is 0 Å². The van der Waals surface area contributed by atoms with Crippen molar-refractivity contribution in [2.75, 3.05) is 5.75 Å². The van der Waals surface area contributed by atoms with Crippen LogP contribution < -0.4 is 5.73 Å². The van der Waals surface area contributed by atoms with Crippen molar-refractivity contribution in [1.29, 1.82) is 0 Å². The van der Waals surface area contributed by atoms with Gasteiger partial charge in [-0.2, -0.15) is 0 Å². The summed E-state index contributed by atoms with van der Waals surface area (Å²) in [5.41, 5.74) is 7.36. The largest absolute Gasteiger partial charge is 0.326 e. The first-order valence-electron chi connectivity index (χ1n) is 6.05. The van der Waals surface area contributed by atoms with Gasteiger partial charge in [-0.25, -0.2) is 8.42 Å². The molecule has 0 aliphatic carbocycles. The van der Waals surface area contributed by atoms with Crippen LogP contribution in [0.4, 0.5) is 0 Å². The Labute approximate surface area is 104 Å². The van der Waals surface area contributed by atoms with E-state index in [9.17, 15) is 8.42 Å². The summed E-state index contributed by atoms with van der Waals surface area (Å²) in [6.07, 6.45) is 2.78. The molecule has 0 saturated heterocycles. The van der Waals surface area contributed by atoms with Crippen molar-refractivity contribution < 1.29 is 8.42 Å². The predicted molar refractivity (Wildman–Crippen MR) is 71.3 cm³/mol. The standard InChI is InChI=1S/C13H21NO2S/c1-2-3-4-9-17(15,16)11-13-7-5-12(10-14)6-8-13/h5-8H,2-4,9-11,14H2,1H3. The van der Waals surface area contributed by atoms with Crippen LogP contribution in [0, 0.1) is 0 Å². The van der Waals surface area contributed by atoms with Crippen molar-refractivity contribution in [3.8, 4) is 0 Å². The van der Waals surface area contributed by atoms with Crippen molar-refractivity contribution in [3.63, 3.8) is 0 Å². The van der Waals surface area contributed by atoms with E-state index >= 15 is 0 Å². The Morgan fingerprint density at radius 1 is 1.06 bits per heavy atom. The smallest absolute Gasteiger partial charge is 0.154 e. The van der Waals surface area contributed by atoms with Gasteiger partial charge in [-0.15, -0.1) is 0 Å². The topological polar surface area (TPSA) is 60.2 Å². The van der Waals surface area contributed by atoms with E-state index in [0.717, 1.165) is 30.4 Å². The van der Waals surface area contributed by atoms with Crippen molar-refractivity contribution in [2.24, 2.45) is 5.73 Å². The molecular weight excluding hydrogens is 234 g/mol. The van der Waals surface area contributed by atoms with Crippen molar-refractivity contribution in [3.05, 3.63) is 35.4 Å². The lowest BCUT2D eigenvalue weighted by Gasteiger charge is -2.05. The molecule has 0 aliphatic rings. The van der Waals surface area contributed by atoms with Crippen LogP contribution in [-0.2, 0) is 22.1 Å². The highest BCUT2D eigenvalue weighted by atomic mass is 32.2. The molecule has 17 heavy (non-hydrogen) atoms. The third-order valence-electron chi connectivity index (χ3n) is 2.70. The van der Waals surface area contributed by atoms with Crippen LogP contribution in [0.3, 0.4) is 0 Å². The van der Waals surface area contributed by atoms with E-state index < -0.39 is 9.84 Å². The fourth-order valence-corrected chi connectivity index (χ4v) is 3.16. The molecule has 0 fully saturated rings. The summed E-state index contributed by atoms with van der Waals surface area (Å²) in [7, 11) is -2.96. The predicted octanol–water partition coefficient (Wildman–Crippen LogP) is 2.25. The second-order valence-electron chi connectivity index (χ2n) is 4.32. The minimum absolute atomic E-state index is 0.140. The SMILES string of the molecule is CCCCCS(=O)(=O)Cc1ccc(CN)cc1. The molecule has 2 N–H and O–H groups in total. The number of nitrogens with two attached hydrogens (primary N) is 1. The van der Waals surface area contributed by atoms with Crippen molar-refractivity contribution >= 4 is 9.84 Å². The van der Waals surface area contributed by atoms with Crippen LogP contribution in [0.1, 0.15) is 37.3 Å². The molecule has 0 aliphatic heterocycles. The first-order chi connectivity index (χ1) is 8.07. The van der Waals surface area contributed by atoms with Crippen molar-refractivity contribution in [2.45, 2.75) is 38.5 Å². The molecule has 0 radical (unpaired) electrons. The average Bonchev–Trinajstić information content (AvgIpc) is 2.30. The van der Waals surface area contributed by atoms with Crippen LogP contribution in [0.2, 0.25) is 0 Å². The summed E-state index contributed by atoms with van der Waals surface area (Å²) in [6, 6.07) is 7.47. The maximum Gasteiger partial charge on any atom is 0.154 e. The van der Waals surface area contributed by atoms with E-state index in [1.165, 1.54) is 0 Å². The van der Waals surface area contributed by atoms with Gasteiger partial charge in [0.2, 0.25) is 0 Å². The van der Waals surface area contributed by atoms with Gasteiger partial charge in [0.05, 0.1) is 11.5 Å². The van der Waals surface area contributed by atoms with E-state index in [2.05, 4.69) is 6.92 Å². The lowest BCUT2D eigenvalue weighted by Crippen LogP contribution is -2.09. The molecule has 0 aromatic heterocycles. The fourth-order valence-electron chi connectivity index (χ4n) is 1.67. The van der Waals surface area contributed by atoms with Gasteiger partial charge in [0.15, 0.2) is 9.84 Å². The van der Waals surface area contributed by atoms with E-state index in [-0.39, 0.29) is 5.75 Å². The van der Waals surface area contributed by atoms with E-state index in [4.69, 9.17) is 5.73 Å². The zero-order valence-corrected chi connectivity index (χ0v) is 11.2. The Morgan fingerprint density at radius 2 is 1.65 bits per heavy atom.